The van der Waals surface area contributed by atoms with E-state index in [2.05, 4.69) is 122 Å². The number of carbonyl (C=O) groups excluding carboxylic acids is 2. The Hall–Kier alpha value is -3.97. The Balaban J connectivity index is 4.41. The molecular formula is C53H86N2O5. The predicted octanol–water partition coefficient (Wildman–Crippen LogP) is 14.0. The maximum absolute atomic E-state index is 12.8. The normalized spacial score (nSPS) is 13.7. The van der Waals surface area contributed by atoms with Gasteiger partial charge in [0.2, 0.25) is 5.91 Å². The topological polar surface area (TPSA) is 119 Å². The summed E-state index contributed by atoms with van der Waals surface area (Å²) in [4.78, 5) is 36.4. The minimum atomic E-state index is -1.02. The van der Waals surface area contributed by atoms with Gasteiger partial charge in [-0.15, -0.1) is 0 Å². The lowest BCUT2D eigenvalue weighted by Gasteiger charge is -2.15. The number of amides is 1. The van der Waals surface area contributed by atoms with Gasteiger partial charge in [-0.1, -0.05) is 162 Å². The van der Waals surface area contributed by atoms with E-state index in [1.165, 1.54) is 19.3 Å². The lowest BCUT2D eigenvalue weighted by atomic mass is 10.1. The highest BCUT2D eigenvalue weighted by atomic mass is 16.5. The van der Waals surface area contributed by atoms with Gasteiger partial charge in [-0.25, -0.2) is 4.79 Å². The van der Waals surface area contributed by atoms with Crippen molar-refractivity contribution in [2.45, 2.75) is 199 Å². The summed E-state index contributed by atoms with van der Waals surface area (Å²) in [6.07, 6.45) is 64.4. The molecule has 0 aliphatic carbocycles. The van der Waals surface area contributed by atoms with Crippen molar-refractivity contribution in [3.05, 3.63) is 109 Å². The number of unbranched alkanes of at least 4 members (excludes halogenated alkanes) is 11. The lowest BCUT2D eigenvalue weighted by molar-refractivity contribution is -0.147. The summed E-state index contributed by atoms with van der Waals surface area (Å²) in [7, 11) is 0. The summed E-state index contributed by atoms with van der Waals surface area (Å²) < 4.78 is 5.94. The molecule has 0 aromatic rings. The first-order valence-corrected chi connectivity index (χ1v) is 23.7. The average molecular weight is 831 g/mol. The molecule has 0 aliphatic heterocycles. The Labute approximate surface area is 367 Å². The first kappa shape index (κ1) is 56.0. The summed E-state index contributed by atoms with van der Waals surface area (Å²) in [5.41, 5.74) is 5.49. The van der Waals surface area contributed by atoms with Gasteiger partial charge in [-0.3, -0.25) is 9.59 Å². The number of hydrogen-bond acceptors (Lipinski definition) is 5. The molecular weight excluding hydrogens is 745 g/mol. The van der Waals surface area contributed by atoms with Crippen LogP contribution in [-0.2, 0) is 19.1 Å². The van der Waals surface area contributed by atoms with Crippen molar-refractivity contribution in [2.24, 2.45) is 5.73 Å². The SMILES string of the molecule is CC/C=C\C/C=C\C/C=C\C/C=C\C/C=C\C/C=C\CCCCCCC(=O)OC(/C=C\C/C=C\C/C=C\CCCCC)CCCCCCCC(=O)NC(CCCN)C(=O)O. The fraction of sp³-hybridized carbons (Fsp3) is 0.604. The monoisotopic (exact) mass is 831 g/mol. The van der Waals surface area contributed by atoms with Gasteiger partial charge in [0.05, 0.1) is 0 Å². The number of carbonyl (C=O) groups is 3. The highest BCUT2D eigenvalue weighted by Gasteiger charge is 2.18. The van der Waals surface area contributed by atoms with Gasteiger partial charge in [0, 0.05) is 12.8 Å². The summed E-state index contributed by atoms with van der Waals surface area (Å²) >= 11 is 0. The zero-order chi connectivity index (χ0) is 43.8. The van der Waals surface area contributed by atoms with E-state index in [9.17, 15) is 19.5 Å². The Morgan fingerprint density at radius 1 is 0.517 bits per heavy atom. The van der Waals surface area contributed by atoms with Crippen LogP contribution >= 0.6 is 0 Å². The summed E-state index contributed by atoms with van der Waals surface area (Å²) in [6, 6.07) is -0.875. The summed E-state index contributed by atoms with van der Waals surface area (Å²) in [5, 5.41) is 11.9. The summed E-state index contributed by atoms with van der Waals surface area (Å²) in [5.74, 6) is -1.36. The van der Waals surface area contributed by atoms with Crippen LogP contribution in [0.5, 0.6) is 0 Å². The van der Waals surface area contributed by atoms with Crippen molar-refractivity contribution in [1.29, 1.82) is 0 Å². The molecule has 7 heteroatoms. The van der Waals surface area contributed by atoms with Crippen molar-refractivity contribution in [1.82, 2.24) is 5.32 Å². The van der Waals surface area contributed by atoms with E-state index >= 15 is 0 Å². The number of carboxylic acid groups (broad SMARTS) is 1. The second-order valence-electron chi connectivity index (χ2n) is 15.4. The van der Waals surface area contributed by atoms with Crippen LogP contribution in [0, 0.1) is 0 Å². The fourth-order valence-electron chi connectivity index (χ4n) is 6.26. The highest BCUT2D eigenvalue weighted by molar-refractivity contribution is 5.83. The zero-order valence-electron chi connectivity index (χ0n) is 38.0. The highest BCUT2D eigenvalue weighted by Crippen LogP contribution is 2.15. The van der Waals surface area contributed by atoms with Gasteiger partial charge in [0.25, 0.3) is 0 Å². The number of esters is 1. The number of nitrogens with two attached hydrogens (primary N) is 1. The van der Waals surface area contributed by atoms with Crippen LogP contribution < -0.4 is 11.1 Å². The van der Waals surface area contributed by atoms with Crippen LogP contribution in [0.15, 0.2) is 109 Å². The van der Waals surface area contributed by atoms with Crippen LogP contribution in [0.3, 0.4) is 0 Å². The molecule has 0 aliphatic rings. The molecule has 2 atom stereocenters. The van der Waals surface area contributed by atoms with Gasteiger partial charge in [-0.05, 0) is 128 Å². The van der Waals surface area contributed by atoms with Crippen molar-refractivity contribution >= 4 is 17.8 Å². The van der Waals surface area contributed by atoms with E-state index < -0.39 is 12.0 Å². The largest absolute Gasteiger partial charge is 0.480 e. The third-order valence-corrected chi connectivity index (χ3v) is 9.81. The first-order chi connectivity index (χ1) is 29.4. The van der Waals surface area contributed by atoms with Crippen LogP contribution in [0.25, 0.3) is 0 Å². The Bertz CT molecular complexity index is 1300. The molecule has 4 N–H and O–H groups in total. The Morgan fingerprint density at radius 2 is 0.967 bits per heavy atom. The lowest BCUT2D eigenvalue weighted by Crippen LogP contribution is -2.40. The van der Waals surface area contributed by atoms with Crippen molar-refractivity contribution in [3.8, 4) is 0 Å². The molecule has 338 valence electrons. The number of ether oxygens (including phenoxy) is 1. The minimum absolute atomic E-state index is 0.123. The standard InChI is InChI=1S/C53H86N2O5/c1-3-5-7-9-11-13-15-16-17-18-19-20-21-22-23-24-25-26-28-30-32-37-41-47-52(57)60-49(43-38-34-31-29-27-14-12-10-8-6-4-2)44-39-35-33-36-40-46-51(56)55-50(53(58)59)45-42-48-54/h5,7,11-14,16-17,19-20,22-23,25-26,29,31,38,43,49-50H,3-4,6,8-10,15,18,21,24,27-28,30,32-37,39-42,44-48,54H2,1-2H3,(H,55,56)(H,58,59)/b7-5-,13-11-,14-12-,17-16-,20-19-,23-22-,26-25-,31-29-,43-38-. The Kier molecular flexibility index (Phi) is 43.1. The van der Waals surface area contributed by atoms with E-state index in [1.807, 2.05) is 6.08 Å². The van der Waals surface area contributed by atoms with Crippen LogP contribution in [-0.4, -0.2) is 41.6 Å². The maximum Gasteiger partial charge on any atom is 0.326 e. The molecule has 0 fully saturated rings. The van der Waals surface area contributed by atoms with E-state index in [4.69, 9.17) is 10.5 Å². The molecule has 0 aromatic heterocycles. The number of hydrogen-bond donors (Lipinski definition) is 3. The molecule has 0 radical (unpaired) electrons. The third kappa shape index (κ3) is 42.2. The van der Waals surface area contributed by atoms with E-state index in [1.54, 1.807) is 0 Å². The number of carboxylic acids is 1. The molecule has 60 heavy (non-hydrogen) atoms. The summed E-state index contributed by atoms with van der Waals surface area (Å²) in [6.45, 7) is 4.78. The molecule has 7 nitrogen and oxygen atoms in total. The molecule has 0 heterocycles. The molecule has 1 amide bonds. The molecule has 0 bridgehead atoms. The molecule has 0 rings (SSSR count). The van der Waals surface area contributed by atoms with Crippen molar-refractivity contribution in [3.63, 3.8) is 0 Å². The van der Waals surface area contributed by atoms with E-state index in [-0.39, 0.29) is 18.0 Å². The minimum Gasteiger partial charge on any atom is -0.480 e. The first-order valence-electron chi connectivity index (χ1n) is 23.7. The zero-order valence-corrected chi connectivity index (χ0v) is 38.0. The third-order valence-electron chi connectivity index (χ3n) is 9.81. The smallest absolute Gasteiger partial charge is 0.326 e. The van der Waals surface area contributed by atoms with Crippen molar-refractivity contribution in [2.75, 3.05) is 6.54 Å². The molecule has 2 unspecified atom stereocenters. The molecule has 0 spiro atoms. The van der Waals surface area contributed by atoms with Crippen LogP contribution in [0.4, 0.5) is 0 Å². The quantitative estimate of drug-likeness (QED) is 0.0321. The number of allylic oxidation sites excluding steroid dienone is 17. The molecule has 0 saturated carbocycles. The van der Waals surface area contributed by atoms with Gasteiger partial charge >= 0.3 is 11.9 Å². The predicted molar refractivity (Wildman–Crippen MR) is 257 cm³/mol. The number of aliphatic carboxylic acids is 1. The average Bonchev–Trinajstić information content (AvgIpc) is 3.23. The number of nitrogens with one attached hydrogen (secondary N) is 1. The van der Waals surface area contributed by atoms with Gasteiger partial charge in [0.1, 0.15) is 12.1 Å². The van der Waals surface area contributed by atoms with E-state index in [0.29, 0.717) is 32.2 Å². The molecule has 0 aromatic carbocycles. The fourth-order valence-corrected chi connectivity index (χ4v) is 6.26. The maximum atomic E-state index is 12.8. The van der Waals surface area contributed by atoms with Gasteiger partial charge < -0.3 is 20.9 Å². The van der Waals surface area contributed by atoms with Gasteiger partial charge in [-0.2, -0.15) is 0 Å². The second-order valence-corrected chi connectivity index (χ2v) is 15.4. The molecule has 0 saturated heterocycles. The van der Waals surface area contributed by atoms with Crippen LogP contribution in [0.2, 0.25) is 0 Å². The second kappa shape index (κ2) is 46.1. The Morgan fingerprint density at radius 3 is 1.48 bits per heavy atom. The van der Waals surface area contributed by atoms with Crippen molar-refractivity contribution < 1.29 is 24.2 Å². The van der Waals surface area contributed by atoms with Gasteiger partial charge in [0.15, 0.2) is 0 Å². The van der Waals surface area contributed by atoms with Crippen LogP contribution in [0.1, 0.15) is 187 Å². The number of rotatable bonds is 41. The van der Waals surface area contributed by atoms with E-state index in [0.717, 1.165) is 128 Å².